The van der Waals surface area contributed by atoms with Crippen LogP contribution in [0, 0.1) is 12.8 Å². The molecular weight excluding hydrogens is 318 g/mol. The fraction of sp³-hybridized carbons (Fsp3) is 0.500. The van der Waals surface area contributed by atoms with E-state index in [0.717, 1.165) is 48.4 Å². The van der Waals surface area contributed by atoms with Gasteiger partial charge in [0.2, 0.25) is 11.8 Å². The van der Waals surface area contributed by atoms with Crippen molar-refractivity contribution in [1.29, 1.82) is 0 Å². The number of hydrogen-bond donors (Lipinski definition) is 2. The van der Waals surface area contributed by atoms with Gasteiger partial charge in [-0.05, 0) is 50.6 Å². The molecule has 134 valence electrons. The molecule has 0 unspecified atom stereocenters. The average Bonchev–Trinajstić information content (AvgIpc) is 2.87. The average molecular weight is 343 g/mol. The maximum absolute atomic E-state index is 12.4. The molecule has 3 N–H and O–H groups in total. The molecule has 0 atom stereocenters. The maximum Gasteiger partial charge on any atom is 0.231 e. The Bertz CT molecular complexity index is 790. The molecule has 1 saturated heterocycles. The van der Waals surface area contributed by atoms with Crippen molar-refractivity contribution < 1.29 is 9.59 Å². The first-order valence-corrected chi connectivity index (χ1v) is 8.64. The molecule has 2 heterocycles. The second kappa shape index (κ2) is 7.23. The van der Waals surface area contributed by atoms with Gasteiger partial charge < -0.3 is 15.6 Å². The Morgan fingerprint density at radius 2 is 2.04 bits per heavy atom. The Balaban J connectivity index is 1.53. The summed E-state index contributed by atoms with van der Waals surface area (Å²) < 4.78 is 2.05. The number of hydrogen-bond acceptors (Lipinski definition) is 4. The highest BCUT2D eigenvalue weighted by Gasteiger charge is 2.25. The third kappa shape index (κ3) is 3.99. The summed E-state index contributed by atoms with van der Waals surface area (Å²) in [7, 11) is 2.00. The summed E-state index contributed by atoms with van der Waals surface area (Å²) in [5, 5.41) is 3.03. The van der Waals surface area contributed by atoms with Gasteiger partial charge in [0.15, 0.2) is 0 Å². The van der Waals surface area contributed by atoms with Crippen molar-refractivity contribution in [2.24, 2.45) is 18.7 Å². The van der Waals surface area contributed by atoms with Crippen molar-refractivity contribution in [2.45, 2.75) is 26.3 Å². The number of rotatable bonds is 5. The van der Waals surface area contributed by atoms with E-state index in [2.05, 4.69) is 14.9 Å². The third-order valence-corrected chi connectivity index (χ3v) is 4.97. The van der Waals surface area contributed by atoms with Crippen molar-refractivity contribution in [1.82, 2.24) is 19.8 Å². The molecule has 0 bridgehead atoms. The number of carbonyl (C=O) groups excluding carboxylic acids is 2. The Morgan fingerprint density at radius 3 is 2.72 bits per heavy atom. The SMILES string of the molecule is Cc1nc2cc(CNC(=O)C3CCN(CC(N)=O)CC3)ccc2n1C. The molecule has 2 amide bonds. The number of fused-ring (bicyclic) bond motifs is 1. The van der Waals surface area contributed by atoms with Gasteiger partial charge in [0.05, 0.1) is 17.6 Å². The van der Waals surface area contributed by atoms with Crippen LogP contribution in [0.2, 0.25) is 0 Å². The topological polar surface area (TPSA) is 93.2 Å². The molecule has 1 aromatic heterocycles. The van der Waals surface area contributed by atoms with Crippen molar-refractivity contribution in [3.63, 3.8) is 0 Å². The van der Waals surface area contributed by atoms with Gasteiger partial charge >= 0.3 is 0 Å². The summed E-state index contributed by atoms with van der Waals surface area (Å²) in [6, 6.07) is 6.09. The molecule has 1 aliphatic heterocycles. The van der Waals surface area contributed by atoms with E-state index in [4.69, 9.17) is 5.73 Å². The van der Waals surface area contributed by atoms with E-state index < -0.39 is 0 Å². The second-order valence-corrected chi connectivity index (χ2v) is 6.78. The third-order valence-electron chi connectivity index (χ3n) is 4.97. The number of carbonyl (C=O) groups is 2. The molecule has 0 saturated carbocycles. The zero-order valence-electron chi connectivity index (χ0n) is 14.8. The summed E-state index contributed by atoms with van der Waals surface area (Å²) >= 11 is 0. The lowest BCUT2D eigenvalue weighted by Gasteiger charge is -2.30. The zero-order valence-corrected chi connectivity index (χ0v) is 14.8. The Kier molecular flexibility index (Phi) is 5.03. The van der Waals surface area contributed by atoms with E-state index in [1.807, 2.05) is 37.1 Å². The van der Waals surface area contributed by atoms with Crippen molar-refractivity contribution in [2.75, 3.05) is 19.6 Å². The van der Waals surface area contributed by atoms with Crippen LogP contribution in [0.5, 0.6) is 0 Å². The first kappa shape index (κ1) is 17.4. The molecule has 3 rings (SSSR count). The van der Waals surface area contributed by atoms with E-state index in [1.54, 1.807) is 0 Å². The number of benzene rings is 1. The quantitative estimate of drug-likeness (QED) is 0.835. The summed E-state index contributed by atoms with van der Waals surface area (Å²) in [5.41, 5.74) is 8.30. The largest absolute Gasteiger partial charge is 0.369 e. The number of nitrogens with two attached hydrogens (primary N) is 1. The van der Waals surface area contributed by atoms with Crippen LogP contribution in [-0.2, 0) is 23.2 Å². The standard InChI is InChI=1S/C18H25N5O2/c1-12-21-15-9-13(3-4-16(15)22(12)2)10-20-18(25)14-5-7-23(8-6-14)11-17(19)24/h3-4,9,14H,5-8,10-11H2,1-2H3,(H2,19,24)(H,20,25). The maximum atomic E-state index is 12.4. The van der Waals surface area contributed by atoms with Crippen LogP contribution < -0.4 is 11.1 Å². The number of likely N-dealkylation sites (tertiary alicyclic amines) is 1. The van der Waals surface area contributed by atoms with Gasteiger partial charge in [0.1, 0.15) is 5.82 Å². The number of nitrogens with zero attached hydrogens (tertiary/aromatic N) is 3. The van der Waals surface area contributed by atoms with Crippen molar-refractivity contribution in [3.8, 4) is 0 Å². The van der Waals surface area contributed by atoms with E-state index >= 15 is 0 Å². The van der Waals surface area contributed by atoms with Gasteiger partial charge in [-0.2, -0.15) is 0 Å². The molecule has 0 radical (unpaired) electrons. The number of piperidine rings is 1. The first-order valence-electron chi connectivity index (χ1n) is 8.64. The molecule has 0 spiro atoms. The molecule has 1 aliphatic rings. The lowest BCUT2D eigenvalue weighted by molar-refractivity contribution is -0.126. The monoisotopic (exact) mass is 343 g/mol. The van der Waals surface area contributed by atoms with Crippen LogP contribution in [0.15, 0.2) is 18.2 Å². The van der Waals surface area contributed by atoms with Gasteiger partial charge in [-0.1, -0.05) is 6.07 Å². The van der Waals surface area contributed by atoms with Crippen LogP contribution in [0.3, 0.4) is 0 Å². The summed E-state index contributed by atoms with van der Waals surface area (Å²) in [5.74, 6) is 0.739. The van der Waals surface area contributed by atoms with Gasteiger partial charge in [-0.25, -0.2) is 4.98 Å². The number of nitrogens with one attached hydrogen (secondary N) is 1. The van der Waals surface area contributed by atoms with Crippen molar-refractivity contribution in [3.05, 3.63) is 29.6 Å². The fourth-order valence-corrected chi connectivity index (χ4v) is 3.38. The van der Waals surface area contributed by atoms with E-state index in [0.29, 0.717) is 6.54 Å². The highest BCUT2D eigenvalue weighted by molar-refractivity contribution is 5.80. The molecule has 7 nitrogen and oxygen atoms in total. The van der Waals surface area contributed by atoms with Gasteiger partial charge in [-0.3, -0.25) is 14.5 Å². The minimum atomic E-state index is -0.317. The number of primary amides is 1. The normalized spacial score (nSPS) is 16.2. The minimum absolute atomic E-state index is 0.00459. The molecular formula is C18H25N5O2. The Hall–Kier alpha value is -2.41. The lowest BCUT2D eigenvalue weighted by Crippen LogP contribution is -2.43. The lowest BCUT2D eigenvalue weighted by atomic mass is 9.96. The number of imidazole rings is 1. The van der Waals surface area contributed by atoms with Gasteiger partial charge in [-0.15, -0.1) is 0 Å². The second-order valence-electron chi connectivity index (χ2n) is 6.78. The molecule has 1 aromatic carbocycles. The van der Waals surface area contributed by atoms with E-state index in [1.165, 1.54) is 0 Å². The summed E-state index contributed by atoms with van der Waals surface area (Å²) in [6.45, 7) is 4.23. The van der Waals surface area contributed by atoms with Crippen LogP contribution in [0.1, 0.15) is 24.2 Å². The predicted octanol–water partition coefficient (Wildman–Crippen LogP) is 0.695. The van der Waals surface area contributed by atoms with Crippen molar-refractivity contribution >= 4 is 22.8 Å². The van der Waals surface area contributed by atoms with Crippen LogP contribution in [0.4, 0.5) is 0 Å². The summed E-state index contributed by atoms with van der Waals surface area (Å²) in [6.07, 6.45) is 1.52. The first-order chi connectivity index (χ1) is 11.9. The predicted molar refractivity (Wildman–Crippen MR) is 95.7 cm³/mol. The van der Waals surface area contributed by atoms with Crippen LogP contribution in [0.25, 0.3) is 11.0 Å². The van der Waals surface area contributed by atoms with E-state index in [-0.39, 0.29) is 24.3 Å². The molecule has 2 aromatic rings. The van der Waals surface area contributed by atoms with Crippen LogP contribution in [-0.4, -0.2) is 45.9 Å². The Labute approximate surface area is 147 Å². The molecule has 0 aliphatic carbocycles. The number of amides is 2. The van der Waals surface area contributed by atoms with Crippen LogP contribution >= 0.6 is 0 Å². The summed E-state index contributed by atoms with van der Waals surface area (Å²) in [4.78, 5) is 29.9. The Morgan fingerprint density at radius 1 is 1.32 bits per heavy atom. The highest BCUT2D eigenvalue weighted by Crippen LogP contribution is 2.18. The van der Waals surface area contributed by atoms with E-state index in [9.17, 15) is 9.59 Å². The minimum Gasteiger partial charge on any atom is -0.369 e. The smallest absolute Gasteiger partial charge is 0.231 e. The number of aromatic nitrogens is 2. The number of aryl methyl sites for hydroxylation is 2. The van der Waals surface area contributed by atoms with Gasteiger partial charge in [0.25, 0.3) is 0 Å². The fourth-order valence-electron chi connectivity index (χ4n) is 3.38. The highest BCUT2D eigenvalue weighted by atomic mass is 16.2. The van der Waals surface area contributed by atoms with Gasteiger partial charge in [0, 0.05) is 19.5 Å². The molecule has 7 heteroatoms. The zero-order chi connectivity index (χ0) is 18.0. The molecule has 25 heavy (non-hydrogen) atoms. The molecule has 1 fully saturated rings.